The Labute approximate surface area is 108 Å². The first-order valence-corrected chi connectivity index (χ1v) is 7.23. The molecule has 2 aliphatic rings. The molecule has 1 unspecified atom stereocenters. The van der Waals surface area contributed by atoms with Gasteiger partial charge in [-0.2, -0.15) is 0 Å². The van der Waals surface area contributed by atoms with E-state index in [1.807, 2.05) is 6.08 Å². The third-order valence-electron chi connectivity index (χ3n) is 2.33. The lowest BCUT2D eigenvalue weighted by Gasteiger charge is -2.19. The van der Waals surface area contributed by atoms with Crippen LogP contribution >= 0.6 is 8.60 Å². The predicted molar refractivity (Wildman–Crippen MR) is 64.8 cm³/mol. The van der Waals surface area contributed by atoms with Gasteiger partial charge in [0.05, 0.1) is 45.9 Å². The first-order valence-electron chi connectivity index (χ1n) is 6.14. The van der Waals surface area contributed by atoms with Crippen LogP contribution in [0, 0.1) is 0 Å². The van der Waals surface area contributed by atoms with Crippen LogP contribution in [0.4, 0.5) is 0 Å². The van der Waals surface area contributed by atoms with E-state index in [2.05, 4.69) is 0 Å². The highest BCUT2D eigenvalue weighted by Gasteiger charge is 2.18. The van der Waals surface area contributed by atoms with Crippen molar-refractivity contribution in [2.24, 2.45) is 0 Å². The highest BCUT2D eigenvalue weighted by Crippen LogP contribution is 2.43. The third kappa shape index (κ3) is 5.61. The molecule has 0 aliphatic carbocycles. The van der Waals surface area contributed by atoms with E-state index in [4.69, 9.17) is 27.8 Å². The Morgan fingerprint density at radius 1 is 1.11 bits per heavy atom. The normalized spacial score (nSPS) is 24.3. The van der Waals surface area contributed by atoms with Crippen LogP contribution < -0.4 is 0 Å². The fourth-order valence-corrected chi connectivity index (χ4v) is 2.38. The van der Waals surface area contributed by atoms with Gasteiger partial charge in [-0.15, -0.1) is 0 Å². The molecule has 0 aromatic rings. The van der Waals surface area contributed by atoms with E-state index in [9.17, 15) is 0 Å². The number of rotatable bonds is 8. The summed E-state index contributed by atoms with van der Waals surface area (Å²) >= 11 is 0. The zero-order valence-corrected chi connectivity index (χ0v) is 11.2. The smallest absolute Gasteiger partial charge is 0.332 e. The molecule has 0 saturated carbocycles. The van der Waals surface area contributed by atoms with Gasteiger partial charge < -0.3 is 27.8 Å². The van der Waals surface area contributed by atoms with Crippen LogP contribution in [-0.4, -0.2) is 45.9 Å². The second kappa shape index (κ2) is 8.80. The summed E-state index contributed by atoms with van der Waals surface area (Å²) in [5.74, 6) is 0. The van der Waals surface area contributed by atoms with E-state index in [-0.39, 0.29) is 6.29 Å². The molecule has 0 radical (unpaired) electrons. The van der Waals surface area contributed by atoms with E-state index in [0.717, 1.165) is 12.8 Å². The van der Waals surface area contributed by atoms with Crippen LogP contribution in [0.2, 0.25) is 0 Å². The van der Waals surface area contributed by atoms with Gasteiger partial charge in [0.1, 0.15) is 0 Å². The topological polar surface area (TPSA) is 55.4 Å². The van der Waals surface area contributed by atoms with Gasteiger partial charge in [0.2, 0.25) is 0 Å². The van der Waals surface area contributed by atoms with Gasteiger partial charge in [-0.05, 0) is 12.5 Å². The van der Waals surface area contributed by atoms with Crippen LogP contribution in [-0.2, 0) is 27.8 Å². The Morgan fingerprint density at radius 2 is 1.94 bits per heavy atom. The Balaban J connectivity index is 1.36. The molecule has 104 valence electrons. The lowest BCUT2D eigenvalue weighted by atomic mass is 10.3. The van der Waals surface area contributed by atoms with Gasteiger partial charge in [0, 0.05) is 6.42 Å². The Hall–Kier alpha value is -0.230. The fraction of sp³-hybridized carbons (Fsp3) is 0.818. The van der Waals surface area contributed by atoms with Crippen molar-refractivity contribution >= 4 is 8.60 Å². The van der Waals surface area contributed by atoms with Crippen LogP contribution in [0.1, 0.15) is 12.8 Å². The number of hydrogen-bond donors (Lipinski definition) is 0. The maximum Gasteiger partial charge on any atom is 0.332 e. The molecule has 6 nitrogen and oxygen atoms in total. The van der Waals surface area contributed by atoms with E-state index in [1.54, 1.807) is 6.26 Å². The Morgan fingerprint density at radius 3 is 2.72 bits per heavy atom. The molecular weight excluding hydrogens is 259 g/mol. The van der Waals surface area contributed by atoms with Crippen molar-refractivity contribution < 1.29 is 27.8 Å². The molecule has 7 heteroatoms. The molecule has 2 rings (SSSR count). The largest absolute Gasteiger partial charge is 0.473 e. The molecule has 2 heterocycles. The van der Waals surface area contributed by atoms with Crippen molar-refractivity contribution in [1.29, 1.82) is 0 Å². The number of ether oxygens (including phenoxy) is 3. The number of allylic oxidation sites excluding steroid dienone is 1. The quantitative estimate of drug-likeness (QED) is 0.500. The minimum Gasteiger partial charge on any atom is -0.473 e. The maximum absolute atomic E-state index is 5.48. The second-order valence-electron chi connectivity index (χ2n) is 3.72. The van der Waals surface area contributed by atoms with Gasteiger partial charge in [0.25, 0.3) is 0 Å². The zero-order valence-electron chi connectivity index (χ0n) is 10.3. The molecule has 1 atom stereocenters. The third-order valence-corrected chi connectivity index (χ3v) is 3.51. The summed E-state index contributed by atoms with van der Waals surface area (Å²) < 4.78 is 31.8. The van der Waals surface area contributed by atoms with Crippen molar-refractivity contribution in [2.75, 3.05) is 39.6 Å². The molecule has 1 fully saturated rings. The van der Waals surface area contributed by atoms with E-state index in [0.29, 0.717) is 39.6 Å². The van der Waals surface area contributed by atoms with Crippen LogP contribution in [0.5, 0.6) is 0 Å². The first-order chi connectivity index (χ1) is 8.95. The average Bonchev–Trinajstić information content (AvgIpc) is 2.92. The molecule has 2 aliphatic heterocycles. The minimum atomic E-state index is -1.12. The Bertz CT molecular complexity index is 244. The average molecular weight is 278 g/mol. The van der Waals surface area contributed by atoms with Crippen molar-refractivity contribution in [2.45, 2.75) is 19.1 Å². The van der Waals surface area contributed by atoms with Crippen molar-refractivity contribution in [1.82, 2.24) is 0 Å². The summed E-state index contributed by atoms with van der Waals surface area (Å²) in [7, 11) is -1.12. The van der Waals surface area contributed by atoms with Gasteiger partial charge >= 0.3 is 8.60 Å². The predicted octanol–water partition coefficient (Wildman–Crippen LogP) is 1.96. The maximum atomic E-state index is 5.48. The summed E-state index contributed by atoms with van der Waals surface area (Å²) in [6.45, 7) is 3.30. The summed E-state index contributed by atoms with van der Waals surface area (Å²) in [4.78, 5) is 0. The van der Waals surface area contributed by atoms with E-state index in [1.165, 1.54) is 0 Å². The van der Waals surface area contributed by atoms with E-state index < -0.39 is 8.60 Å². The summed E-state index contributed by atoms with van der Waals surface area (Å²) in [5, 5.41) is 0. The molecule has 0 N–H and O–H groups in total. The summed E-state index contributed by atoms with van der Waals surface area (Å²) in [5.41, 5.74) is 0. The molecule has 0 spiro atoms. The minimum absolute atomic E-state index is 0.126. The van der Waals surface area contributed by atoms with Crippen LogP contribution in [0.25, 0.3) is 0 Å². The monoisotopic (exact) mass is 278 g/mol. The van der Waals surface area contributed by atoms with E-state index >= 15 is 0 Å². The van der Waals surface area contributed by atoms with Crippen LogP contribution in [0.15, 0.2) is 12.3 Å². The standard InChI is InChI=1S/C11H19O6P/c1-2-4-13-11(3-1)14-7-5-12-6-8-15-18-16-9-10-17-18/h2,4,11H,1,3,5-10H2. The lowest BCUT2D eigenvalue weighted by Crippen LogP contribution is -2.19. The molecule has 18 heavy (non-hydrogen) atoms. The molecule has 0 aromatic heterocycles. The fourth-order valence-electron chi connectivity index (χ4n) is 1.48. The highest BCUT2D eigenvalue weighted by atomic mass is 31.2. The molecule has 1 saturated heterocycles. The molecular formula is C11H19O6P. The Kier molecular flexibility index (Phi) is 6.93. The zero-order chi connectivity index (χ0) is 12.5. The SMILES string of the molecule is C1=COC(OCCOCCOP2OCCO2)CC1. The van der Waals surface area contributed by atoms with Crippen molar-refractivity contribution in [3.63, 3.8) is 0 Å². The summed E-state index contributed by atoms with van der Waals surface area (Å²) in [6, 6.07) is 0. The van der Waals surface area contributed by atoms with Gasteiger partial charge in [-0.3, -0.25) is 0 Å². The van der Waals surface area contributed by atoms with Crippen molar-refractivity contribution in [3.05, 3.63) is 12.3 Å². The summed E-state index contributed by atoms with van der Waals surface area (Å²) in [6.07, 6.45) is 5.45. The molecule has 0 bridgehead atoms. The first kappa shape index (κ1) is 14.2. The van der Waals surface area contributed by atoms with Gasteiger partial charge in [-0.25, -0.2) is 0 Å². The van der Waals surface area contributed by atoms with Crippen molar-refractivity contribution in [3.8, 4) is 0 Å². The highest BCUT2D eigenvalue weighted by molar-refractivity contribution is 7.41. The molecule has 0 aromatic carbocycles. The second-order valence-corrected chi connectivity index (χ2v) is 4.94. The van der Waals surface area contributed by atoms with Crippen LogP contribution in [0.3, 0.4) is 0 Å². The number of hydrogen-bond acceptors (Lipinski definition) is 6. The lowest BCUT2D eigenvalue weighted by molar-refractivity contribution is -0.126. The van der Waals surface area contributed by atoms with Gasteiger partial charge in [0.15, 0.2) is 6.29 Å². The molecule has 0 amide bonds. The van der Waals surface area contributed by atoms with Gasteiger partial charge in [-0.1, -0.05) is 0 Å².